The van der Waals surface area contributed by atoms with Crippen LogP contribution in [0.1, 0.15) is 89.9 Å². The molecule has 0 radical (unpaired) electrons. The Morgan fingerprint density at radius 2 is 0.636 bits per heavy atom. The summed E-state index contributed by atoms with van der Waals surface area (Å²) in [5, 5.41) is 0. The standard InChI is InChI=1S/C58H68N4O2P2/c1-5-17-36(18-6-1)59-40-25-13-29-46-53(40)65-55-42(27-15-31-48(55)63-46)61(38-21-9-3-10-22-38)51-50-35(33-44(59)57(51)65)34-45-58-52(50)62(39-23-11-4-12-24-39)43-28-16-32-49-56(43)66(58)54-41(26-14-30-47(54)64-49)60(45)37-19-7-2-8-20-37/h1-12,17-24,35,40-58H,13-16,25-34H2. The summed E-state index contributed by atoms with van der Waals surface area (Å²) in [6.45, 7) is 0. The number of para-hydroxylation sites is 4. The van der Waals surface area contributed by atoms with Gasteiger partial charge < -0.3 is 29.1 Å². The quantitative estimate of drug-likeness (QED) is 0.190. The zero-order valence-corrected chi connectivity index (χ0v) is 40.3. The summed E-state index contributed by atoms with van der Waals surface area (Å²) in [5.41, 5.74) is 10.1. The fourth-order valence-electron chi connectivity index (χ4n) is 19.3. The zero-order chi connectivity index (χ0) is 42.8. The number of anilines is 4. The van der Waals surface area contributed by atoms with Crippen LogP contribution in [0.25, 0.3) is 0 Å². The summed E-state index contributed by atoms with van der Waals surface area (Å²) in [4.78, 5) is 12.8. The van der Waals surface area contributed by atoms with Crippen LogP contribution in [0.5, 0.6) is 0 Å². The lowest BCUT2D eigenvalue weighted by atomic mass is 9.59. The van der Waals surface area contributed by atoms with E-state index in [1.807, 2.05) is 0 Å². The molecule has 6 heterocycles. The molecule has 6 saturated heterocycles. The maximum atomic E-state index is 7.61. The molecule has 20 atom stereocenters. The molecule has 6 nitrogen and oxygen atoms in total. The van der Waals surface area contributed by atoms with E-state index in [4.69, 9.17) is 9.47 Å². The topological polar surface area (TPSA) is 31.4 Å². The van der Waals surface area contributed by atoms with Crippen molar-refractivity contribution in [1.82, 2.24) is 0 Å². The summed E-state index contributed by atoms with van der Waals surface area (Å²) >= 11 is 0. The third kappa shape index (κ3) is 5.41. The van der Waals surface area contributed by atoms with Crippen molar-refractivity contribution in [3.05, 3.63) is 121 Å². The minimum absolute atomic E-state index is 0.280. The highest BCUT2D eigenvalue weighted by Gasteiger charge is 2.75. The van der Waals surface area contributed by atoms with Gasteiger partial charge in [-0.1, -0.05) is 88.6 Å². The Morgan fingerprint density at radius 1 is 0.333 bits per heavy atom. The van der Waals surface area contributed by atoms with E-state index >= 15 is 0 Å². The Morgan fingerprint density at radius 3 is 0.970 bits per heavy atom. The zero-order valence-electron chi connectivity index (χ0n) is 38.5. The normalized spacial score (nSPS) is 47.5. The number of nitrogens with zero attached hydrogens (tertiary/aromatic N) is 4. The van der Waals surface area contributed by atoms with E-state index in [1.54, 1.807) is 0 Å². The molecule has 12 fully saturated rings. The van der Waals surface area contributed by atoms with Crippen LogP contribution in [0.4, 0.5) is 22.7 Å². The summed E-state index contributed by atoms with van der Waals surface area (Å²) in [6.07, 6.45) is 20.1. The molecule has 4 aromatic carbocycles. The van der Waals surface area contributed by atoms with Gasteiger partial charge in [0.05, 0.1) is 24.4 Å². The van der Waals surface area contributed by atoms with Crippen LogP contribution in [0, 0.1) is 11.8 Å². The van der Waals surface area contributed by atoms with Crippen LogP contribution in [-0.2, 0) is 9.47 Å². The van der Waals surface area contributed by atoms with Gasteiger partial charge in [0.25, 0.3) is 0 Å². The van der Waals surface area contributed by atoms with Gasteiger partial charge in [0, 0.05) is 111 Å². The Balaban J connectivity index is 0.960. The molecule has 6 saturated carbocycles. The molecule has 4 aromatic rings. The molecule has 0 spiro atoms. The summed E-state index contributed by atoms with van der Waals surface area (Å²) < 4.78 is 15.2. The van der Waals surface area contributed by atoms with Gasteiger partial charge in [-0.15, -0.1) is 0 Å². The maximum absolute atomic E-state index is 7.61. The third-order valence-electron chi connectivity index (χ3n) is 20.7. The predicted molar refractivity (Wildman–Crippen MR) is 271 cm³/mol. The number of benzene rings is 4. The van der Waals surface area contributed by atoms with E-state index < -0.39 is 0 Å². The van der Waals surface area contributed by atoms with E-state index in [0.29, 0.717) is 119 Å². The fourth-order valence-corrected chi connectivity index (χ4v) is 29.6. The molecule has 0 bridgehead atoms. The Bertz CT molecular complexity index is 2250. The van der Waals surface area contributed by atoms with Crippen molar-refractivity contribution in [3.63, 3.8) is 0 Å². The predicted octanol–water partition coefficient (Wildman–Crippen LogP) is 11.5. The van der Waals surface area contributed by atoms with Crippen LogP contribution in [-0.4, -0.2) is 107 Å². The first-order valence-electron chi connectivity index (χ1n) is 27.0. The summed E-state index contributed by atoms with van der Waals surface area (Å²) in [6, 6.07) is 52.7. The molecule has 6 aliphatic carbocycles. The summed E-state index contributed by atoms with van der Waals surface area (Å²) in [5.74, 6) is 1.25. The average molecular weight is 915 g/mol. The third-order valence-corrected chi connectivity index (χ3v) is 28.9. The van der Waals surface area contributed by atoms with Crippen molar-refractivity contribution in [2.24, 2.45) is 11.8 Å². The van der Waals surface area contributed by atoms with E-state index in [0.717, 1.165) is 0 Å². The molecule has 8 heteroatoms. The molecule has 66 heavy (non-hydrogen) atoms. The van der Waals surface area contributed by atoms with Gasteiger partial charge in [-0.3, -0.25) is 0 Å². The maximum Gasteiger partial charge on any atom is 0.0666 e. The van der Waals surface area contributed by atoms with Crippen LogP contribution < -0.4 is 19.6 Å². The van der Waals surface area contributed by atoms with E-state index in [2.05, 4.69) is 141 Å². The van der Waals surface area contributed by atoms with Gasteiger partial charge in [0.1, 0.15) is 0 Å². The molecule has 20 unspecified atom stereocenters. The van der Waals surface area contributed by atoms with Crippen molar-refractivity contribution < 1.29 is 9.47 Å². The minimum atomic E-state index is -0.280. The van der Waals surface area contributed by atoms with Crippen molar-refractivity contribution in [2.45, 2.75) is 197 Å². The monoisotopic (exact) mass is 914 g/mol. The number of fused-ring (bicyclic) bond motifs is 3. The van der Waals surface area contributed by atoms with Gasteiger partial charge in [-0.05, 0) is 144 Å². The highest BCUT2D eigenvalue weighted by atomic mass is 31.1. The molecular weight excluding hydrogens is 847 g/mol. The van der Waals surface area contributed by atoms with Crippen molar-refractivity contribution in [2.75, 3.05) is 19.6 Å². The molecule has 0 amide bonds. The molecule has 0 aromatic heterocycles. The van der Waals surface area contributed by atoms with E-state index in [1.165, 1.54) is 113 Å². The van der Waals surface area contributed by atoms with Crippen LogP contribution in [0.3, 0.4) is 0 Å². The average Bonchev–Trinajstić information content (AvgIpc) is 3.37. The number of rotatable bonds is 4. The molecule has 0 N–H and O–H groups in total. The van der Waals surface area contributed by atoms with Crippen molar-refractivity contribution in [3.8, 4) is 0 Å². The molecule has 6 aliphatic heterocycles. The van der Waals surface area contributed by atoms with Gasteiger partial charge in [0.2, 0.25) is 0 Å². The smallest absolute Gasteiger partial charge is 0.0666 e. The first-order chi connectivity index (χ1) is 32.8. The fraction of sp³-hybridized carbons (Fsp3) is 0.586. The molecular formula is C58H68N4O2P2. The second kappa shape index (κ2) is 15.2. The first-order valence-corrected chi connectivity index (χ1v) is 30.1. The van der Waals surface area contributed by atoms with Gasteiger partial charge in [-0.25, -0.2) is 0 Å². The highest BCUT2D eigenvalue weighted by molar-refractivity contribution is 7.61. The largest absolute Gasteiger partial charge is 0.374 e. The number of ether oxygens (including phenoxy) is 2. The SMILES string of the molecule is c1ccc(N2C3CCCC4OC5CCCC6C5P(C43)C3C2CC2CC4C5C(C2C3N6c2ccccc2)N(c2ccccc2)C2CCCC3OC6CCCC(C6P5C32)N4c2ccccc2)cc1. The van der Waals surface area contributed by atoms with Gasteiger partial charge >= 0.3 is 0 Å². The Hall–Kier alpha value is -3.14. The molecule has 12 aliphatic rings. The van der Waals surface area contributed by atoms with Crippen LogP contribution >= 0.6 is 15.8 Å². The second-order valence-electron chi connectivity index (χ2n) is 23.2. The lowest BCUT2D eigenvalue weighted by molar-refractivity contribution is -0.0743. The second-order valence-corrected chi connectivity index (χ2v) is 28.5. The van der Waals surface area contributed by atoms with Gasteiger partial charge in [-0.2, -0.15) is 0 Å². The highest BCUT2D eigenvalue weighted by Crippen LogP contribution is 2.78. The molecule has 16 rings (SSSR count). The van der Waals surface area contributed by atoms with E-state index in [9.17, 15) is 0 Å². The Labute approximate surface area is 395 Å². The Kier molecular flexibility index (Phi) is 9.13. The number of hydrogen-bond acceptors (Lipinski definition) is 6. The van der Waals surface area contributed by atoms with Gasteiger partial charge in [0.15, 0.2) is 0 Å². The lowest BCUT2D eigenvalue weighted by Gasteiger charge is -2.77. The lowest BCUT2D eigenvalue weighted by Crippen LogP contribution is -2.84. The van der Waals surface area contributed by atoms with E-state index in [-0.39, 0.29) is 15.8 Å². The first kappa shape index (κ1) is 39.7. The van der Waals surface area contributed by atoms with Crippen LogP contribution in [0.2, 0.25) is 0 Å². The summed E-state index contributed by atoms with van der Waals surface area (Å²) in [7, 11) is -0.560. The molecule has 342 valence electrons. The van der Waals surface area contributed by atoms with Crippen molar-refractivity contribution >= 4 is 38.6 Å². The number of hydrogen-bond donors (Lipinski definition) is 0. The van der Waals surface area contributed by atoms with Crippen LogP contribution in [0.15, 0.2) is 121 Å². The minimum Gasteiger partial charge on any atom is -0.374 e. The van der Waals surface area contributed by atoms with Crippen molar-refractivity contribution in [1.29, 1.82) is 0 Å².